The molecule has 2 rings (SSSR count). The average Bonchev–Trinajstić information content (AvgIpc) is 2.71. The van der Waals surface area contributed by atoms with Gasteiger partial charge in [-0.2, -0.15) is 0 Å². The molecule has 0 saturated carbocycles. The van der Waals surface area contributed by atoms with E-state index in [1.165, 1.54) is 26.2 Å². The topological polar surface area (TPSA) is 114 Å². The van der Waals surface area contributed by atoms with E-state index in [-0.39, 0.29) is 22.1 Å². The number of hydrogen-bond acceptors (Lipinski definition) is 6. The molecule has 2 amide bonds. The van der Waals surface area contributed by atoms with Gasteiger partial charge in [-0.3, -0.25) is 20.4 Å². The van der Waals surface area contributed by atoms with E-state index in [9.17, 15) is 18.0 Å². The van der Waals surface area contributed by atoms with Crippen molar-refractivity contribution >= 4 is 33.4 Å². The van der Waals surface area contributed by atoms with Crippen molar-refractivity contribution in [2.45, 2.75) is 11.8 Å². The van der Waals surface area contributed by atoms with Gasteiger partial charge in [0.25, 0.3) is 11.8 Å². The second-order valence-corrected chi connectivity index (χ2v) is 8.66. The monoisotopic (exact) mass is 455 g/mol. The molecule has 2 N–H and O–H groups in total. The molecule has 0 unspecified atom stereocenters. The lowest BCUT2D eigenvalue weighted by Gasteiger charge is -2.14. The Morgan fingerprint density at radius 3 is 2.27 bits per heavy atom. The molecule has 0 aromatic heterocycles. The van der Waals surface area contributed by atoms with Crippen molar-refractivity contribution in [2.24, 2.45) is 0 Å². The molecule has 9 nitrogen and oxygen atoms in total. The number of rotatable bonds is 8. The van der Waals surface area contributed by atoms with Gasteiger partial charge in [0.2, 0.25) is 10.0 Å². The molecule has 11 heteroatoms. The largest absolute Gasteiger partial charge is 0.490 e. The van der Waals surface area contributed by atoms with Crippen LogP contribution in [-0.4, -0.2) is 51.8 Å². The van der Waals surface area contributed by atoms with E-state index >= 15 is 0 Å². The molecule has 2 aromatic carbocycles. The molecule has 0 atom stereocenters. The maximum absolute atomic E-state index is 12.4. The summed E-state index contributed by atoms with van der Waals surface area (Å²) in [6.45, 7) is 1.88. The number of sulfonamides is 1. The predicted octanol–water partition coefficient (Wildman–Crippen LogP) is 1.83. The smallest absolute Gasteiger partial charge is 0.276 e. The Morgan fingerprint density at radius 2 is 1.67 bits per heavy atom. The number of nitrogens with one attached hydrogen (secondary N) is 2. The van der Waals surface area contributed by atoms with Crippen LogP contribution in [0.4, 0.5) is 0 Å². The Hall–Kier alpha value is -2.82. The molecule has 0 radical (unpaired) electrons. The van der Waals surface area contributed by atoms with Crippen molar-refractivity contribution in [1.82, 2.24) is 15.2 Å². The van der Waals surface area contributed by atoms with Crippen LogP contribution in [0.25, 0.3) is 0 Å². The first-order valence-corrected chi connectivity index (χ1v) is 10.6. The van der Waals surface area contributed by atoms with Crippen molar-refractivity contribution in [1.29, 1.82) is 0 Å². The van der Waals surface area contributed by atoms with Gasteiger partial charge in [0.15, 0.2) is 18.1 Å². The minimum atomic E-state index is -3.75. The van der Waals surface area contributed by atoms with Crippen molar-refractivity contribution in [3.05, 3.63) is 53.1 Å². The standard InChI is InChI=1S/C19H22ClN3O6S/c1-4-28-16-7-5-6-8-17(16)29-12-18(24)21-22-19(25)14-11-13(9-10-15(14)20)30(26,27)23(2)3/h5-11H,4,12H2,1-3H3,(H,21,24)(H,22,25). The van der Waals surface area contributed by atoms with Gasteiger partial charge in [0.05, 0.1) is 22.1 Å². The maximum atomic E-state index is 12.4. The molecule has 162 valence electrons. The van der Waals surface area contributed by atoms with E-state index in [0.29, 0.717) is 18.1 Å². The van der Waals surface area contributed by atoms with Crippen LogP contribution in [0.2, 0.25) is 5.02 Å². The summed E-state index contributed by atoms with van der Waals surface area (Å²) >= 11 is 6.00. The Morgan fingerprint density at radius 1 is 1.03 bits per heavy atom. The maximum Gasteiger partial charge on any atom is 0.276 e. The Bertz CT molecular complexity index is 1030. The number of para-hydroxylation sites is 2. The summed E-state index contributed by atoms with van der Waals surface area (Å²) in [7, 11) is -1.02. The van der Waals surface area contributed by atoms with E-state index in [4.69, 9.17) is 21.1 Å². The zero-order chi connectivity index (χ0) is 22.3. The number of ether oxygens (including phenoxy) is 2. The minimum Gasteiger partial charge on any atom is -0.490 e. The van der Waals surface area contributed by atoms with Gasteiger partial charge in [0.1, 0.15) is 0 Å². The quantitative estimate of drug-likeness (QED) is 0.587. The van der Waals surface area contributed by atoms with Crippen LogP contribution < -0.4 is 20.3 Å². The molecule has 0 aliphatic rings. The van der Waals surface area contributed by atoms with E-state index in [0.717, 1.165) is 10.4 Å². The van der Waals surface area contributed by atoms with Gasteiger partial charge in [-0.05, 0) is 37.3 Å². The number of halogens is 1. The molecule has 0 saturated heterocycles. The van der Waals surface area contributed by atoms with E-state index in [1.807, 2.05) is 6.92 Å². The summed E-state index contributed by atoms with van der Waals surface area (Å²) in [5, 5.41) is 0.0290. The highest BCUT2D eigenvalue weighted by Crippen LogP contribution is 2.26. The highest BCUT2D eigenvalue weighted by Gasteiger charge is 2.21. The van der Waals surface area contributed by atoms with Crippen molar-refractivity contribution in [3.63, 3.8) is 0 Å². The number of hydrogen-bond donors (Lipinski definition) is 2. The van der Waals surface area contributed by atoms with Gasteiger partial charge in [0, 0.05) is 14.1 Å². The molecule has 0 bridgehead atoms. The zero-order valence-corrected chi connectivity index (χ0v) is 18.2. The lowest BCUT2D eigenvalue weighted by atomic mass is 10.2. The highest BCUT2D eigenvalue weighted by molar-refractivity contribution is 7.89. The summed E-state index contributed by atoms with van der Waals surface area (Å²) in [5.41, 5.74) is 4.26. The van der Waals surface area contributed by atoms with Crippen molar-refractivity contribution in [2.75, 3.05) is 27.3 Å². The second-order valence-electron chi connectivity index (χ2n) is 6.10. The second kappa shape index (κ2) is 10.3. The van der Waals surface area contributed by atoms with Crippen molar-refractivity contribution < 1.29 is 27.5 Å². The molecule has 0 aliphatic heterocycles. The molecule has 2 aromatic rings. The van der Waals surface area contributed by atoms with Crippen LogP contribution in [-0.2, 0) is 14.8 Å². The van der Waals surface area contributed by atoms with Crippen LogP contribution in [0, 0.1) is 0 Å². The molecular weight excluding hydrogens is 434 g/mol. The normalized spacial score (nSPS) is 11.1. The number of amides is 2. The SMILES string of the molecule is CCOc1ccccc1OCC(=O)NNC(=O)c1cc(S(=O)(=O)N(C)C)ccc1Cl. The van der Waals surface area contributed by atoms with Gasteiger partial charge in [-0.25, -0.2) is 12.7 Å². The van der Waals surface area contributed by atoms with E-state index < -0.39 is 21.8 Å². The third-order valence-corrected chi connectivity index (χ3v) is 5.92. The van der Waals surface area contributed by atoms with Crippen LogP contribution in [0.3, 0.4) is 0 Å². The fraction of sp³-hybridized carbons (Fsp3) is 0.263. The Labute approximate surface area is 179 Å². The molecule has 0 aliphatic carbocycles. The average molecular weight is 456 g/mol. The molecular formula is C19H22ClN3O6S. The zero-order valence-electron chi connectivity index (χ0n) is 16.6. The van der Waals surface area contributed by atoms with Crippen molar-refractivity contribution in [3.8, 4) is 11.5 Å². The molecule has 0 fully saturated rings. The molecule has 0 spiro atoms. The Balaban J connectivity index is 2.00. The molecule has 30 heavy (non-hydrogen) atoms. The summed E-state index contributed by atoms with van der Waals surface area (Å²) in [6.07, 6.45) is 0. The number of benzene rings is 2. The first-order valence-electron chi connectivity index (χ1n) is 8.82. The summed E-state index contributed by atoms with van der Waals surface area (Å²) in [5.74, 6) is -0.547. The lowest BCUT2D eigenvalue weighted by molar-refractivity contribution is -0.123. The number of hydrazine groups is 1. The van der Waals surface area contributed by atoms with Gasteiger partial charge in [-0.15, -0.1) is 0 Å². The van der Waals surface area contributed by atoms with Crippen LogP contribution in [0.1, 0.15) is 17.3 Å². The predicted molar refractivity (Wildman–Crippen MR) is 111 cm³/mol. The molecule has 0 heterocycles. The number of nitrogens with zero attached hydrogens (tertiary/aromatic N) is 1. The van der Waals surface area contributed by atoms with Gasteiger partial charge >= 0.3 is 0 Å². The first kappa shape index (κ1) is 23.5. The summed E-state index contributed by atoms with van der Waals surface area (Å²) in [6, 6.07) is 10.6. The lowest BCUT2D eigenvalue weighted by Crippen LogP contribution is -2.44. The summed E-state index contributed by atoms with van der Waals surface area (Å²) < 4.78 is 36.3. The third kappa shape index (κ3) is 5.85. The van der Waals surface area contributed by atoms with E-state index in [1.54, 1.807) is 24.3 Å². The van der Waals surface area contributed by atoms with Crippen LogP contribution in [0.15, 0.2) is 47.4 Å². The van der Waals surface area contributed by atoms with Gasteiger partial charge < -0.3 is 9.47 Å². The minimum absolute atomic E-state index is 0.0290. The highest BCUT2D eigenvalue weighted by atomic mass is 35.5. The number of carbonyl (C=O) groups is 2. The van der Waals surface area contributed by atoms with E-state index in [2.05, 4.69) is 10.9 Å². The summed E-state index contributed by atoms with van der Waals surface area (Å²) in [4.78, 5) is 24.2. The fourth-order valence-corrected chi connectivity index (χ4v) is 3.40. The fourth-order valence-electron chi connectivity index (χ4n) is 2.27. The van der Waals surface area contributed by atoms with Crippen LogP contribution >= 0.6 is 11.6 Å². The first-order chi connectivity index (χ1) is 14.2. The number of carbonyl (C=O) groups excluding carboxylic acids is 2. The van der Waals surface area contributed by atoms with Crippen LogP contribution in [0.5, 0.6) is 11.5 Å². The Kier molecular flexibility index (Phi) is 8.04. The third-order valence-electron chi connectivity index (χ3n) is 3.78. The van der Waals surface area contributed by atoms with Gasteiger partial charge in [-0.1, -0.05) is 23.7 Å².